The summed E-state index contributed by atoms with van der Waals surface area (Å²) in [7, 11) is 0. The number of nitrogens with two attached hydrogens (primary N) is 1. The van der Waals surface area contributed by atoms with E-state index in [-0.39, 0.29) is 17.7 Å². The SMILES string of the molecule is NC1=NC(=O)/C(=C/c2cccc(OCc3c(F)cccc3Cl)c2)S1. The van der Waals surface area contributed by atoms with Crippen LogP contribution in [0.4, 0.5) is 4.39 Å². The Balaban J connectivity index is 1.75. The quantitative estimate of drug-likeness (QED) is 0.835. The molecule has 0 fully saturated rings. The summed E-state index contributed by atoms with van der Waals surface area (Å²) >= 11 is 7.10. The first kappa shape index (κ1) is 16.5. The fourth-order valence-corrected chi connectivity index (χ4v) is 3.00. The first-order valence-corrected chi connectivity index (χ1v) is 8.16. The van der Waals surface area contributed by atoms with Gasteiger partial charge < -0.3 is 10.5 Å². The van der Waals surface area contributed by atoms with Crippen LogP contribution in [0.15, 0.2) is 52.4 Å². The second-order valence-electron chi connectivity index (χ2n) is 4.93. The lowest BCUT2D eigenvalue weighted by molar-refractivity contribution is -0.113. The summed E-state index contributed by atoms with van der Waals surface area (Å²) in [5.74, 6) is -0.240. The van der Waals surface area contributed by atoms with Crippen molar-refractivity contribution in [2.75, 3.05) is 0 Å². The topological polar surface area (TPSA) is 64.7 Å². The van der Waals surface area contributed by atoms with Crippen LogP contribution in [-0.2, 0) is 11.4 Å². The van der Waals surface area contributed by atoms with Crippen LogP contribution in [0.2, 0.25) is 5.02 Å². The van der Waals surface area contributed by atoms with Crippen molar-refractivity contribution < 1.29 is 13.9 Å². The molecule has 0 aliphatic carbocycles. The van der Waals surface area contributed by atoms with Gasteiger partial charge in [-0.25, -0.2) is 4.39 Å². The maximum absolute atomic E-state index is 13.7. The summed E-state index contributed by atoms with van der Waals surface area (Å²) < 4.78 is 19.4. The zero-order valence-electron chi connectivity index (χ0n) is 12.3. The van der Waals surface area contributed by atoms with E-state index >= 15 is 0 Å². The smallest absolute Gasteiger partial charge is 0.286 e. The minimum Gasteiger partial charge on any atom is -0.489 e. The molecule has 1 heterocycles. The van der Waals surface area contributed by atoms with Crippen molar-refractivity contribution in [3.63, 3.8) is 0 Å². The Hall–Kier alpha value is -2.31. The molecule has 0 saturated carbocycles. The van der Waals surface area contributed by atoms with Gasteiger partial charge in [0.15, 0.2) is 5.17 Å². The van der Waals surface area contributed by atoms with E-state index in [0.717, 1.165) is 17.3 Å². The van der Waals surface area contributed by atoms with Gasteiger partial charge in [0.1, 0.15) is 18.2 Å². The third-order valence-electron chi connectivity index (χ3n) is 3.24. The summed E-state index contributed by atoms with van der Waals surface area (Å²) in [6, 6.07) is 11.6. The molecule has 0 saturated heterocycles. The molecule has 0 aromatic heterocycles. The first-order valence-electron chi connectivity index (χ1n) is 6.97. The van der Waals surface area contributed by atoms with Crippen molar-refractivity contribution in [1.29, 1.82) is 0 Å². The maximum Gasteiger partial charge on any atom is 0.286 e. The summed E-state index contributed by atoms with van der Waals surface area (Å²) in [6.45, 7) is 0.00920. The Morgan fingerprint density at radius 3 is 2.79 bits per heavy atom. The summed E-state index contributed by atoms with van der Waals surface area (Å²) in [6.07, 6.45) is 1.68. The van der Waals surface area contributed by atoms with Crippen LogP contribution >= 0.6 is 23.4 Å². The van der Waals surface area contributed by atoms with E-state index in [1.165, 1.54) is 12.1 Å². The molecule has 7 heteroatoms. The average molecular weight is 363 g/mol. The van der Waals surface area contributed by atoms with E-state index in [4.69, 9.17) is 22.1 Å². The van der Waals surface area contributed by atoms with Gasteiger partial charge in [-0.1, -0.05) is 29.8 Å². The summed E-state index contributed by atoms with van der Waals surface area (Å²) in [4.78, 5) is 15.7. The highest BCUT2D eigenvalue weighted by molar-refractivity contribution is 8.18. The largest absolute Gasteiger partial charge is 0.489 e. The molecule has 0 unspecified atom stereocenters. The number of ether oxygens (including phenoxy) is 1. The Morgan fingerprint density at radius 1 is 1.29 bits per heavy atom. The van der Waals surface area contributed by atoms with Crippen molar-refractivity contribution in [2.24, 2.45) is 10.7 Å². The molecule has 1 amide bonds. The number of halogens is 2. The first-order chi connectivity index (χ1) is 11.5. The Bertz CT molecular complexity index is 847. The van der Waals surface area contributed by atoms with E-state index < -0.39 is 5.82 Å². The Kier molecular flexibility index (Phi) is 4.87. The standard InChI is InChI=1S/C17H12ClFN2O2S/c18-13-5-2-6-14(19)12(13)9-23-11-4-1-3-10(7-11)8-15-16(22)21-17(20)24-15/h1-8H,9H2,(H2,20,21,22)/b15-8-. The molecule has 0 spiro atoms. The second-order valence-corrected chi connectivity index (χ2v) is 6.40. The van der Waals surface area contributed by atoms with E-state index in [1.807, 2.05) is 6.07 Å². The van der Waals surface area contributed by atoms with Gasteiger partial charge in [0.05, 0.1) is 9.93 Å². The van der Waals surface area contributed by atoms with Crippen LogP contribution in [0, 0.1) is 5.82 Å². The van der Waals surface area contributed by atoms with E-state index in [0.29, 0.717) is 21.2 Å². The summed E-state index contributed by atoms with van der Waals surface area (Å²) in [5.41, 5.74) is 6.57. The molecule has 122 valence electrons. The van der Waals surface area contributed by atoms with Crippen molar-refractivity contribution in [3.8, 4) is 5.75 Å². The van der Waals surface area contributed by atoms with Gasteiger partial charge in [0.25, 0.3) is 5.91 Å². The van der Waals surface area contributed by atoms with Crippen molar-refractivity contribution in [2.45, 2.75) is 6.61 Å². The minimum absolute atomic E-state index is 0.00920. The molecular weight excluding hydrogens is 351 g/mol. The molecule has 1 aliphatic heterocycles. The van der Waals surface area contributed by atoms with Gasteiger partial charge in [-0.05, 0) is 47.7 Å². The molecule has 24 heavy (non-hydrogen) atoms. The molecule has 0 bridgehead atoms. The number of nitrogens with zero attached hydrogens (tertiary/aromatic N) is 1. The number of amidine groups is 1. The highest BCUT2D eigenvalue weighted by Gasteiger charge is 2.19. The minimum atomic E-state index is -0.415. The number of amides is 1. The van der Waals surface area contributed by atoms with Crippen molar-refractivity contribution >= 4 is 40.5 Å². The van der Waals surface area contributed by atoms with Gasteiger partial charge >= 0.3 is 0 Å². The zero-order chi connectivity index (χ0) is 17.1. The number of benzene rings is 2. The lowest BCUT2D eigenvalue weighted by atomic mass is 10.2. The van der Waals surface area contributed by atoms with E-state index in [1.54, 1.807) is 30.3 Å². The molecule has 3 rings (SSSR count). The van der Waals surface area contributed by atoms with Crippen LogP contribution in [0.25, 0.3) is 6.08 Å². The fourth-order valence-electron chi connectivity index (χ4n) is 2.10. The van der Waals surface area contributed by atoms with Crippen molar-refractivity contribution in [3.05, 3.63) is 69.3 Å². The Labute approximate surface area is 147 Å². The van der Waals surface area contributed by atoms with Gasteiger partial charge in [-0.15, -0.1) is 0 Å². The maximum atomic E-state index is 13.7. The number of rotatable bonds is 4. The van der Waals surface area contributed by atoms with Crippen LogP contribution in [0.3, 0.4) is 0 Å². The van der Waals surface area contributed by atoms with Crippen molar-refractivity contribution in [1.82, 2.24) is 0 Å². The second kappa shape index (κ2) is 7.07. The normalized spacial score (nSPS) is 15.7. The molecule has 2 aromatic carbocycles. The number of carbonyl (C=O) groups is 1. The number of thioether (sulfide) groups is 1. The third kappa shape index (κ3) is 3.77. The number of hydrogen-bond donors (Lipinski definition) is 1. The average Bonchev–Trinajstić information content (AvgIpc) is 2.85. The highest BCUT2D eigenvalue weighted by Crippen LogP contribution is 2.28. The van der Waals surface area contributed by atoms with Gasteiger partial charge in [0.2, 0.25) is 0 Å². The lowest BCUT2D eigenvalue weighted by Gasteiger charge is -2.09. The van der Waals surface area contributed by atoms with Gasteiger partial charge in [-0.3, -0.25) is 4.79 Å². The summed E-state index contributed by atoms with van der Waals surface area (Å²) in [5, 5.41) is 0.543. The monoisotopic (exact) mass is 362 g/mol. The molecule has 0 atom stereocenters. The van der Waals surface area contributed by atoms with E-state index in [9.17, 15) is 9.18 Å². The highest BCUT2D eigenvalue weighted by atomic mass is 35.5. The zero-order valence-corrected chi connectivity index (χ0v) is 13.9. The van der Waals surface area contributed by atoms with Crippen LogP contribution < -0.4 is 10.5 Å². The molecular formula is C17H12ClFN2O2S. The fraction of sp³-hybridized carbons (Fsp3) is 0.0588. The number of hydrogen-bond acceptors (Lipinski definition) is 4. The van der Waals surface area contributed by atoms with Gasteiger partial charge in [-0.2, -0.15) is 4.99 Å². The predicted octanol–water partition coefficient (Wildman–Crippen LogP) is 3.99. The molecule has 1 aliphatic rings. The number of carbonyl (C=O) groups excluding carboxylic acids is 1. The number of aliphatic imine (C=N–C) groups is 1. The Morgan fingerprint density at radius 2 is 2.08 bits per heavy atom. The van der Waals surface area contributed by atoms with Crippen LogP contribution in [-0.4, -0.2) is 11.1 Å². The molecule has 4 nitrogen and oxygen atoms in total. The molecule has 2 N–H and O–H groups in total. The van der Waals surface area contributed by atoms with Crippen LogP contribution in [0.1, 0.15) is 11.1 Å². The molecule has 2 aromatic rings. The lowest BCUT2D eigenvalue weighted by Crippen LogP contribution is -2.01. The molecule has 0 radical (unpaired) electrons. The predicted molar refractivity (Wildman–Crippen MR) is 94.4 cm³/mol. The third-order valence-corrected chi connectivity index (χ3v) is 4.40. The van der Waals surface area contributed by atoms with E-state index in [2.05, 4.69) is 4.99 Å². The van der Waals surface area contributed by atoms with Gasteiger partial charge in [0, 0.05) is 5.56 Å². The van der Waals surface area contributed by atoms with Crippen LogP contribution in [0.5, 0.6) is 5.75 Å².